The van der Waals surface area contributed by atoms with Gasteiger partial charge < -0.3 is 12.4 Å². The van der Waals surface area contributed by atoms with Crippen molar-refractivity contribution in [3.8, 4) is 0 Å². The Kier molecular flexibility index (Phi) is 4.86. The summed E-state index contributed by atoms with van der Waals surface area (Å²) < 4.78 is 0.521. The molecule has 0 atom stereocenters. The average molecular weight is 251 g/mol. The van der Waals surface area contributed by atoms with E-state index in [0.29, 0.717) is 4.65 Å². The first kappa shape index (κ1) is 16.2. The van der Waals surface area contributed by atoms with Crippen LogP contribution in [-0.2, 0) is 4.94 Å². The molecule has 1 fully saturated rings. The van der Waals surface area contributed by atoms with Crippen molar-refractivity contribution in [1.82, 2.24) is 5.06 Å². The number of nitrogens with zero attached hydrogens (tertiary/aromatic N) is 2. The maximum Gasteiger partial charge on any atom is 0.1000 e. The number of piperidine rings is 1. The van der Waals surface area contributed by atoms with E-state index >= 15 is 0 Å². The molecule has 0 aliphatic carbocycles. The van der Waals surface area contributed by atoms with E-state index in [1.807, 2.05) is 0 Å². The summed E-state index contributed by atoms with van der Waals surface area (Å²) >= 11 is 0. The molecule has 0 aromatic rings. The molecule has 1 aliphatic rings. The number of hydrogen-bond acceptors (Lipinski definition) is 2. The summed E-state index contributed by atoms with van der Waals surface area (Å²) in [5.41, 5.74) is 0.264. The Morgan fingerprint density at radius 3 is 1.62 bits per heavy atom. The van der Waals surface area contributed by atoms with Crippen LogP contribution >= 0.6 is 0 Å². The third-order valence-corrected chi connectivity index (χ3v) is 3.00. The quantitative estimate of drug-likeness (QED) is 0.488. The molecular formula is C12H27ClN2O. The zero-order valence-electron chi connectivity index (χ0n) is 11.8. The lowest BCUT2D eigenvalue weighted by molar-refractivity contribution is -1.09. The first-order valence-electron chi connectivity index (χ1n) is 5.86. The van der Waals surface area contributed by atoms with Gasteiger partial charge in [0.2, 0.25) is 0 Å². The fourth-order valence-electron chi connectivity index (χ4n) is 2.44. The van der Waals surface area contributed by atoms with Crippen molar-refractivity contribution >= 4 is 0 Å². The van der Waals surface area contributed by atoms with Gasteiger partial charge in [-0.05, 0) is 47.0 Å². The molecule has 0 spiro atoms. The predicted octanol–water partition coefficient (Wildman–Crippen LogP) is -0.414. The second-order valence-electron chi connectivity index (χ2n) is 6.74. The summed E-state index contributed by atoms with van der Waals surface area (Å²) in [6, 6.07) is 0. The lowest BCUT2D eigenvalue weighted by Gasteiger charge is -2.51. The van der Waals surface area contributed by atoms with Gasteiger partial charge in [0.25, 0.3) is 0 Å². The average Bonchev–Trinajstić information content (AvgIpc) is 1.95. The summed E-state index contributed by atoms with van der Waals surface area (Å²) in [5.74, 6) is 0. The third-order valence-electron chi connectivity index (χ3n) is 3.00. The Hall–Kier alpha value is 0.170. The lowest BCUT2D eigenvalue weighted by Crippen LogP contribution is -3.00. The number of quaternary nitrogens is 1. The van der Waals surface area contributed by atoms with Gasteiger partial charge in [-0.15, -0.1) is 10.0 Å². The van der Waals surface area contributed by atoms with Crippen LogP contribution in [0.15, 0.2) is 0 Å². The van der Waals surface area contributed by atoms with Gasteiger partial charge in [0, 0.05) is 11.1 Å². The Labute approximate surface area is 107 Å². The molecule has 1 heterocycles. The maximum absolute atomic E-state index is 6.08. The molecule has 0 saturated carbocycles. The fourth-order valence-corrected chi connectivity index (χ4v) is 2.44. The van der Waals surface area contributed by atoms with Gasteiger partial charge in [0.1, 0.15) is 0 Å². The van der Waals surface area contributed by atoms with Crippen molar-refractivity contribution in [3.05, 3.63) is 0 Å². The summed E-state index contributed by atoms with van der Waals surface area (Å²) in [6.07, 6.45) is 3.70. The van der Waals surface area contributed by atoms with E-state index in [2.05, 4.69) is 53.9 Å². The molecule has 3 nitrogen and oxygen atoms in total. The highest BCUT2D eigenvalue weighted by Crippen LogP contribution is 2.38. The molecule has 0 aromatic carbocycles. The molecule has 0 unspecified atom stereocenters. The van der Waals surface area contributed by atoms with Crippen LogP contribution in [0.2, 0.25) is 0 Å². The zero-order chi connectivity index (χ0) is 11.9. The Balaban J connectivity index is 0.00000225. The molecule has 0 N–H and O–H groups in total. The molecule has 0 aromatic heterocycles. The van der Waals surface area contributed by atoms with E-state index in [1.54, 1.807) is 0 Å². The van der Waals surface area contributed by atoms with Gasteiger partial charge in [0.05, 0.1) is 21.1 Å². The van der Waals surface area contributed by atoms with E-state index in [-0.39, 0.29) is 23.5 Å². The largest absolute Gasteiger partial charge is 1.00 e. The normalized spacial score (nSPS) is 24.9. The van der Waals surface area contributed by atoms with Crippen molar-refractivity contribution in [2.75, 3.05) is 21.1 Å². The summed E-state index contributed by atoms with van der Waals surface area (Å²) in [5, 5.41) is 2.20. The number of halogens is 1. The van der Waals surface area contributed by atoms with Crippen molar-refractivity contribution < 1.29 is 22.0 Å². The summed E-state index contributed by atoms with van der Waals surface area (Å²) in [4.78, 5) is 6.08. The zero-order valence-corrected chi connectivity index (χ0v) is 12.6. The van der Waals surface area contributed by atoms with Crippen LogP contribution in [0.25, 0.3) is 0 Å². The molecule has 0 amide bonds. The van der Waals surface area contributed by atoms with E-state index in [4.69, 9.17) is 4.94 Å². The topological polar surface area (TPSA) is 12.5 Å². The summed E-state index contributed by atoms with van der Waals surface area (Å²) in [7, 11) is 6.17. The molecule has 98 valence electrons. The van der Waals surface area contributed by atoms with Crippen LogP contribution < -0.4 is 12.4 Å². The molecule has 0 radical (unpaired) electrons. The van der Waals surface area contributed by atoms with Gasteiger partial charge in [0.15, 0.2) is 0 Å². The third kappa shape index (κ3) is 3.88. The maximum atomic E-state index is 6.08. The Morgan fingerprint density at radius 2 is 1.31 bits per heavy atom. The van der Waals surface area contributed by atoms with Crippen molar-refractivity contribution in [2.45, 2.75) is 58.0 Å². The van der Waals surface area contributed by atoms with Crippen LogP contribution in [0.5, 0.6) is 0 Å². The van der Waals surface area contributed by atoms with Crippen molar-refractivity contribution in [1.29, 1.82) is 0 Å². The van der Waals surface area contributed by atoms with Crippen LogP contribution in [0, 0.1) is 0 Å². The highest BCUT2D eigenvalue weighted by Gasteiger charge is 2.45. The number of hydroxylamine groups is 5. The monoisotopic (exact) mass is 250 g/mol. The molecule has 1 aliphatic heterocycles. The van der Waals surface area contributed by atoms with E-state index in [1.165, 1.54) is 19.3 Å². The lowest BCUT2D eigenvalue weighted by atomic mass is 9.82. The first-order chi connectivity index (χ1) is 6.55. The van der Waals surface area contributed by atoms with E-state index in [9.17, 15) is 0 Å². The highest BCUT2D eigenvalue weighted by molar-refractivity contribution is 4.92. The molecule has 16 heavy (non-hydrogen) atoms. The van der Waals surface area contributed by atoms with E-state index < -0.39 is 0 Å². The van der Waals surface area contributed by atoms with Gasteiger partial charge in [-0.2, -0.15) is 4.65 Å². The Morgan fingerprint density at radius 1 is 0.938 bits per heavy atom. The second kappa shape index (κ2) is 4.81. The summed E-state index contributed by atoms with van der Waals surface area (Å²) in [6.45, 7) is 9.07. The minimum absolute atomic E-state index is 0. The van der Waals surface area contributed by atoms with Crippen molar-refractivity contribution in [3.63, 3.8) is 0 Å². The van der Waals surface area contributed by atoms with Crippen LogP contribution in [0.1, 0.15) is 47.0 Å². The minimum Gasteiger partial charge on any atom is -1.00 e. The van der Waals surface area contributed by atoms with Crippen LogP contribution in [0.4, 0.5) is 0 Å². The molecule has 0 bridgehead atoms. The first-order valence-corrected chi connectivity index (χ1v) is 5.86. The van der Waals surface area contributed by atoms with Gasteiger partial charge in [-0.1, -0.05) is 0 Å². The molecule has 4 heteroatoms. The van der Waals surface area contributed by atoms with Crippen LogP contribution in [0.3, 0.4) is 0 Å². The molecular weight excluding hydrogens is 224 g/mol. The number of hydrogen-bond donors (Lipinski definition) is 0. The Bertz CT molecular complexity index is 218. The SMILES string of the molecule is CC1(C)CCCC(C)(C)N1O[N+](C)(C)C.[Cl-]. The second-order valence-corrected chi connectivity index (χ2v) is 6.74. The fraction of sp³-hybridized carbons (Fsp3) is 1.00. The standard InChI is InChI=1S/C12H27N2O.ClH/c1-11(2)9-8-10-12(3,4)13(11)15-14(5,6)7;/h8-10H2,1-7H3;1H/q+1;/p-1. The predicted molar refractivity (Wildman–Crippen MR) is 63.0 cm³/mol. The van der Waals surface area contributed by atoms with Gasteiger partial charge in [-0.25, -0.2) is 0 Å². The highest BCUT2D eigenvalue weighted by atomic mass is 35.5. The van der Waals surface area contributed by atoms with Crippen LogP contribution in [-0.4, -0.2) is 41.9 Å². The van der Waals surface area contributed by atoms with E-state index in [0.717, 1.165) is 0 Å². The smallest absolute Gasteiger partial charge is 0.1000 e. The molecule has 1 rings (SSSR count). The van der Waals surface area contributed by atoms with Crippen molar-refractivity contribution in [2.24, 2.45) is 0 Å². The van der Waals surface area contributed by atoms with Gasteiger partial charge >= 0.3 is 0 Å². The number of rotatable bonds is 2. The molecule has 1 saturated heterocycles. The van der Waals surface area contributed by atoms with Gasteiger partial charge in [-0.3, -0.25) is 0 Å². The minimum atomic E-state index is 0.